The second-order valence-electron chi connectivity index (χ2n) is 6.08. The van der Waals surface area contributed by atoms with Gasteiger partial charge in [0.25, 0.3) is 0 Å². The van der Waals surface area contributed by atoms with E-state index in [1.165, 1.54) is 36.2 Å². The molecule has 1 aliphatic rings. The molecular formula is C19H24N2. The van der Waals surface area contributed by atoms with Crippen molar-refractivity contribution in [1.82, 2.24) is 0 Å². The molecule has 0 fully saturated rings. The van der Waals surface area contributed by atoms with Crippen LogP contribution in [0.1, 0.15) is 29.9 Å². The summed E-state index contributed by atoms with van der Waals surface area (Å²) in [6, 6.07) is 17.5. The Kier molecular flexibility index (Phi) is 4.14. The van der Waals surface area contributed by atoms with E-state index in [1.807, 2.05) is 0 Å². The summed E-state index contributed by atoms with van der Waals surface area (Å²) in [6.45, 7) is 1.02. The second-order valence-corrected chi connectivity index (χ2v) is 6.08. The molecule has 1 aliphatic carbocycles. The van der Waals surface area contributed by atoms with E-state index in [1.54, 1.807) is 5.56 Å². The van der Waals surface area contributed by atoms with Crippen molar-refractivity contribution in [3.8, 4) is 0 Å². The Labute approximate surface area is 127 Å². The fraction of sp³-hybridized carbons (Fsp3) is 0.368. The molecule has 2 nitrogen and oxygen atoms in total. The molecule has 0 heterocycles. The second kappa shape index (κ2) is 6.21. The minimum absolute atomic E-state index is 0.630. The van der Waals surface area contributed by atoms with Gasteiger partial charge in [-0.25, -0.2) is 0 Å². The summed E-state index contributed by atoms with van der Waals surface area (Å²) >= 11 is 0. The maximum absolute atomic E-state index is 3.66. The molecule has 0 aliphatic heterocycles. The maximum Gasteiger partial charge on any atom is 0.0596 e. The summed E-state index contributed by atoms with van der Waals surface area (Å²) in [5.41, 5.74) is 5.56. The Morgan fingerprint density at radius 3 is 2.67 bits per heavy atom. The van der Waals surface area contributed by atoms with E-state index in [0.29, 0.717) is 5.92 Å². The molecule has 0 amide bonds. The maximum atomic E-state index is 3.66. The molecule has 0 bridgehead atoms. The Bertz CT molecular complexity index is 604. The number of benzene rings is 2. The van der Waals surface area contributed by atoms with Crippen LogP contribution >= 0.6 is 0 Å². The lowest BCUT2D eigenvalue weighted by Crippen LogP contribution is -2.19. The third kappa shape index (κ3) is 3.05. The number of anilines is 2. The van der Waals surface area contributed by atoms with E-state index in [4.69, 9.17) is 0 Å². The van der Waals surface area contributed by atoms with Gasteiger partial charge in [0, 0.05) is 26.6 Å². The first-order valence-electron chi connectivity index (χ1n) is 7.84. The summed E-state index contributed by atoms with van der Waals surface area (Å²) in [6.07, 6.45) is 3.83. The van der Waals surface area contributed by atoms with E-state index < -0.39 is 0 Å². The standard InChI is InChI=1S/C19H24N2/c1-21(2)19-13-6-5-12-18(19)20-14-16-10-7-9-15-8-3-4-11-17(15)16/h3-6,8,11-13,16,20H,7,9-10,14H2,1-2H3. The zero-order valence-electron chi connectivity index (χ0n) is 13.0. The monoisotopic (exact) mass is 280 g/mol. The van der Waals surface area contributed by atoms with Gasteiger partial charge in [-0.3, -0.25) is 0 Å². The van der Waals surface area contributed by atoms with Crippen molar-refractivity contribution in [2.24, 2.45) is 0 Å². The first-order valence-corrected chi connectivity index (χ1v) is 7.84. The number of rotatable bonds is 4. The van der Waals surface area contributed by atoms with E-state index in [0.717, 1.165) is 6.54 Å². The number of hydrogen-bond donors (Lipinski definition) is 1. The molecule has 1 unspecified atom stereocenters. The van der Waals surface area contributed by atoms with Crippen LogP contribution in [0.2, 0.25) is 0 Å². The molecule has 2 aromatic rings. The molecule has 0 saturated carbocycles. The lowest BCUT2D eigenvalue weighted by Gasteiger charge is -2.27. The van der Waals surface area contributed by atoms with Crippen molar-refractivity contribution < 1.29 is 0 Å². The van der Waals surface area contributed by atoms with Gasteiger partial charge in [0.1, 0.15) is 0 Å². The van der Waals surface area contributed by atoms with Gasteiger partial charge in [-0.1, -0.05) is 36.4 Å². The summed E-state index contributed by atoms with van der Waals surface area (Å²) in [5, 5.41) is 3.66. The van der Waals surface area contributed by atoms with Gasteiger partial charge in [-0.15, -0.1) is 0 Å². The van der Waals surface area contributed by atoms with Crippen molar-refractivity contribution in [3.05, 3.63) is 59.7 Å². The summed E-state index contributed by atoms with van der Waals surface area (Å²) in [4.78, 5) is 2.16. The first-order chi connectivity index (χ1) is 10.3. The molecule has 0 aromatic heterocycles. The highest BCUT2D eigenvalue weighted by Gasteiger charge is 2.19. The van der Waals surface area contributed by atoms with Crippen molar-refractivity contribution in [2.75, 3.05) is 30.9 Å². The number of para-hydroxylation sites is 2. The fourth-order valence-corrected chi connectivity index (χ4v) is 3.31. The molecule has 3 rings (SSSR count). The third-order valence-corrected chi connectivity index (χ3v) is 4.42. The number of hydrogen-bond acceptors (Lipinski definition) is 2. The normalized spacial score (nSPS) is 17.1. The van der Waals surface area contributed by atoms with Crippen molar-refractivity contribution in [3.63, 3.8) is 0 Å². The van der Waals surface area contributed by atoms with Gasteiger partial charge in [0.05, 0.1) is 11.4 Å². The van der Waals surface area contributed by atoms with Crippen LogP contribution in [0.3, 0.4) is 0 Å². The zero-order valence-corrected chi connectivity index (χ0v) is 13.0. The van der Waals surface area contributed by atoms with Gasteiger partial charge < -0.3 is 10.2 Å². The van der Waals surface area contributed by atoms with Crippen LogP contribution in [-0.4, -0.2) is 20.6 Å². The Morgan fingerprint density at radius 1 is 1.05 bits per heavy atom. The van der Waals surface area contributed by atoms with Crippen LogP contribution in [0.15, 0.2) is 48.5 Å². The minimum Gasteiger partial charge on any atom is -0.383 e. The van der Waals surface area contributed by atoms with Crippen LogP contribution < -0.4 is 10.2 Å². The van der Waals surface area contributed by atoms with E-state index in [-0.39, 0.29) is 0 Å². The summed E-state index contributed by atoms with van der Waals surface area (Å²) < 4.78 is 0. The molecular weight excluding hydrogens is 256 g/mol. The van der Waals surface area contributed by atoms with Gasteiger partial charge in [-0.05, 0) is 42.5 Å². The van der Waals surface area contributed by atoms with Crippen molar-refractivity contribution in [2.45, 2.75) is 25.2 Å². The van der Waals surface area contributed by atoms with Gasteiger partial charge >= 0.3 is 0 Å². The van der Waals surface area contributed by atoms with Crippen LogP contribution in [0.4, 0.5) is 11.4 Å². The fourth-order valence-electron chi connectivity index (χ4n) is 3.31. The van der Waals surface area contributed by atoms with Crippen molar-refractivity contribution >= 4 is 11.4 Å². The average Bonchev–Trinajstić information content (AvgIpc) is 2.53. The van der Waals surface area contributed by atoms with Crippen LogP contribution in [0, 0.1) is 0 Å². The smallest absolute Gasteiger partial charge is 0.0596 e. The molecule has 1 atom stereocenters. The van der Waals surface area contributed by atoms with Crippen LogP contribution in [0.5, 0.6) is 0 Å². The zero-order chi connectivity index (χ0) is 14.7. The topological polar surface area (TPSA) is 15.3 Å². The van der Waals surface area contributed by atoms with E-state index >= 15 is 0 Å². The SMILES string of the molecule is CN(C)c1ccccc1NCC1CCCc2ccccc21. The Balaban J connectivity index is 1.75. The summed E-state index contributed by atoms with van der Waals surface area (Å²) in [7, 11) is 4.19. The van der Waals surface area contributed by atoms with Crippen LogP contribution in [0.25, 0.3) is 0 Å². The number of aryl methyl sites for hydroxylation is 1. The van der Waals surface area contributed by atoms with E-state index in [2.05, 4.69) is 72.8 Å². The Hall–Kier alpha value is -1.96. The highest BCUT2D eigenvalue weighted by Crippen LogP contribution is 2.32. The quantitative estimate of drug-likeness (QED) is 0.899. The molecule has 0 spiro atoms. The number of nitrogens with zero attached hydrogens (tertiary/aromatic N) is 1. The van der Waals surface area contributed by atoms with Crippen LogP contribution in [-0.2, 0) is 6.42 Å². The predicted molar refractivity (Wildman–Crippen MR) is 91.4 cm³/mol. The molecule has 21 heavy (non-hydrogen) atoms. The highest BCUT2D eigenvalue weighted by molar-refractivity contribution is 5.69. The number of fused-ring (bicyclic) bond motifs is 1. The average molecular weight is 280 g/mol. The van der Waals surface area contributed by atoms with Crippen molar-refractivity contribution in [1.29, 1.82) is 0 Å². The lowest BCUT2D eigenvalue weighted by atomic mass is 9.83. The highest BCUT2D eigenvalue weighted by atomic mass is 15.1. The molecule has 2 aromatic carbocycles. The summed E-state index contributed by atoms with van der Waals surface area (Å²) in [5.74, 6) is 0.630. The number of nitrogens with one attached hydrogen (secondary N) is 1. The van der Waals surface area contributed by atoms with Gasteiger partial charge in [0.2, 0.25) is 0 Å². The minimum atomic E-state index is 0.630. The molecule has 110 valence electrons. The molecule has 1 N–H and O–H groups in total. The first kappa shape index (κ1) is 14.0. The molecule has 0 radical (unpaired) electrons. The predicted octanol–water partition coefficient (Wildman–Crippen LogP) is 4.28. The molecule has 0 saturated heterocycles. The third-order valence-electron chi connectivity index (χ3n) is 4.42. The van der Waals surface area contributed by atoms with E-state index in [9.17, 15) is 0 Å². The van der Waals surface area contributed by atoms with Gasteiger partial charge in [-0.2, -0.15) is 0 Å². The largest absolute Gasteiger partial charge is 0.383 e. The Morgan fingerprint density at radius 2 is 1.81 bits per heavy atom. The molecule has 2 heteroatoms. The lowest BCUT2D eigenvalue weighted by molar-refractivity contribution is 0.572. The van der Waals surface area contributed by atoms with Gasteiger partial charge in [0.15, 0.2) is 0 Å².